The maximum Gasteiger partial charge on any atom is 0.138 e. The minimum atomic E-state index is 0.151. The Morgan fingerprint density at radius 2 is 2.05 bits per heavy atom. The second kappa shape index (κ2) is 6.62. The first-order chi connectivity index (χ1) is 9.99. The molecular weight excluding hydrogens is 288 g/mol. The van der Waals surface area contributed by atoms with Crippen molar-refractivity contribution in [3.05, 3.63) is 33.4 Å². The Morgan fingerprint density at radius 1 is 1.33 bits per heavy atom. The van der Waals surface area contributed by atoms with Gasteiger partial charge in [-0.05, 0) is 34.1 Å². The molecular formula is C15H23ClN4O. The summed E-state index contributed by atoms with van der Waals surface area (Å²) in [6.07, 6.45) is 0.845. The van der Waals surface area contributed by atoms with Gasteiger partial charge in [-0.25, -0.2) is 0 Å². The zero-order valence-electron chi connectivity index (χ0n) is 13.3. The van der Waals surface area contributed by atoms with Gasteiger partial charge in [0.1, 0.15) is 5.76 Å². The number of nitrogens with one attached hydrogen (secondary N) is 1. The lowest BCUT2D eigenvalue weighted by Gasteiger charge is -2.14. The molecule has 0 aliphatic rings. The Kier molecular flexibility index (Phi) is 5.06. The average Bonchev–Trinajstić information content (AvgIpc) is 2.96. The Labute approximate surface area is 130 Å². The van der Waals surface area contributed by atoms with E-state index in [1.165, 1.54) is 0 Å². The van der Waals surface area contributed by atoms with E-state index < -0.39 is 0 Å². The number of aromatic nitrogens is 3. The Balaban J connectivity index is 2.15. The van der Waals surface area contributed by atoms with Gasteiger partial charge < -0.3 is 9.84 Å². The van der Waals surface area contributed by atoms with E-state index in [1.807, 2.05) is 18.5 Å². The van der Waals surface area contributed by atoms with Gasteiger partial charge in [0.05, 0.1) is 22.1 Å². The molecule has 0 aliphatic heterocycles. The highest BCUT2D eigenvalue weighted by molar-refractivity contribution is 6.31. The summed E-state index contributed by atoms with van der Waals surface area (Å²) in [6, 6.07) is 0.151. The lowest BCUT2D eigenvalue weighted by atomic mass is 10.1. The topological polar surface area (TPSA) is 55.9 Å². The van der Waals surface area contributed by atoms with Crippen LogP contribution in [0.15, 0.2) is 4.52 Å². The van der Waals surface area contributed by atoms with Crippen molar-refractivity contribution in [2.75, 3.05) is 0 Å². The van der Waals surface area contributed by atoms with Gasteiger partial charge in [0.15, 0.2) is 0 Å². The first-order valence-corrected chi connectivity index (χ1v) is 7.77. The molecule has 0 saturated heterocycles. The smallest absolute Gasteiger partial charge is 0.138 e. The molecule has 0 aromatic carbocycles. The molecule has 1 unspecified atom stereocenters. The van der Waals surface area contributed by atoms with Gasteiger partial charge >= 0.3 is 0 Å². The zero-order chi connectivity index (χ0) is 15.6. The fraction of sp³-hybridized carbons (Fsp3) is 0.600. The third-order valence-electron chi connectivity index (χ3n) is 3.79. The summed E-state index contributed by atoms with van der Waals surface area (Å²) in [5.74, 6) is 0.858. The molecule has 2 aromatic rings. The predicted molar refractivity (Wildman–Crippen MR) is 83.5 cm³/mol. The van der Waals surface area contributed by atoms with Gasteiger partial charge in [-0.15, -0.1) is 0 Å². The molecule has 0 spiro atoms. The first kappa shape index (κ1) is 16.0. The van der Waals surface area contributed by atoms with Crippen LogP contribution in [-0.4, -0.2) is 14.9 Å². The number of nitrogens with zero attached hydrogens (tertiary/aromatic N) is 3. The molecule has 0 aliphatic carbocycles. The van der Waals surface area contributed by atoms with Crippen LogP contribution in [0.3, 0.4) is 0 Å². The van der Waals surface area contributed by atoms with Crippen molar-refractivity contribution in [1.82, 2.24) is 20.3 Å². The molecule has 1 atom stereocenters. The fourth-order valence-corrected chi connectivity index (χ4v) is 2.98. The van der Waals surface area contributed by atoms with Crippen molar-refractivity contribution in [2.45, 2.75) is 60.2 Å². The first-order valence-electron chi connectivity index (χ1n) is 7.39. The van der Waals surface area contributed by atoms with Crippen LogP contribution in [0.4, 0.5) is 0 Å². The van der Waals surface area contributed by atoms with E-state index in [9.17, 15) is 0 Å². The van der Waals surface area contributed by atoms with Crippen molar-refractivity contribution >= 4 is 11.6 Å². The van der Waals surface area contributed by atoms with Crippen molar-refractivity contribution in [2.24, 2.45) is 0 Å². The molecule has 0 bridgehead atoms. The average molecular weight is 311 g/mol. The van der Waals surface area contributed by atoms with Gasteiger partial charge in [0, 0.05) is 24.7 Å². The second-order valence-corrected chi connectivity index (χ2v) is 5.60. The lowest BCUT2D eigenvalue weighted by molar-refractivity contribution is 0.390. The number of rotatable bonds is 6. The van der Waals surface area contributed by atoms with Gasteiger partial charge in [-0.3, -0.25) is 4.68 Å². The molecule has 0 radical (unpaired) electrons. The van der Waals surface area contributed by atoms with Crippen LogP contribution in [0, 0.1) is 13.8 Å². The summed E-state index contributed by atoms with van der Waals surface area (Å²) >= 11 is 6.43. The second-order valence-electron chi connectivity index (χ2n) is 5.22. The van der Waals surface area contributed by atoms with Crippen molar-refractivity contribution in [3.63, 3.8) is 0 Å². The number of halogens is 1. The summed E-state index contributed by atoms with van der Waals surface area (Å²) in [7, 11) is 0. The minimum Gasteiger partial charge on any atom is -0.361 e. The van der Waals surface area contributed by atoms with Crippen LogP contribution in [0.1, 0.15) is 55.2 Å². The van der Waals surface area contributed by atoms with Crippen LogP contribution in [0.2, 0.25) is 5.02 Å². The van der Waals surface area contributed by atoms with Crippen LogP contribution in [0.5, 0.6) is 0 Å². The third-order valence-corrected chi connectivity index (χ3v) is 4.23. The van der Waals surface area contributed by atoms with E-state index in [1.54, 1.807) is 0 Å². The summed E-state index contributed by atoms with van der Waals surface area (Å²) in [4.78, 5) is 0. The van der Waals surface area contributed by atoms with Crippen molar-refractivity contribution < 1.29 is 4.52 Å². The van der Waals surface area contributed by atoms with Gasteiger partial charge in [-0.1, -0.05) is 23.7 Å². The Morgan fingerprint density at radius 3 is 2.57 bits per heavy atom. The number of aryl methyl sites for hydroxylation is 4. The molecule has 2 heterocycles. The minimum absolute atomic E-state index is 0.151. The number of hydrogen-bond acceptors (Lipinski definition) is 4. The number of hydrogen-bond donors (Lipinski definition) is 1. The van der Waals surface area contributed by atoms with Crippen molar-refractivity contribution in [3.8, 4) is 0 Å². The van der Waals surface area contributed by atoms with Gasteiger partial charge in [0.25, 0.3) is 0 Å². The Hall–Kier alpha value is -1.33. The molecule has 0 amide bonds. The highest BCUT2D eigenvalue weighted by Crippen LogP contribution is 2.24. The zero-order valence-corrected chi connectivity index (χ0v) is 14.1. The van der Waals surface area contributed by atoms with Crippen LogP contribution < -0.4 is 5.32 Å². The van der Waals surface area contributed by atoms with Crippen LogP contribution >= 0.6 is 11.6 Å². The van der Waals surface area contributed by atoms with Crippen LogP contribution in [0.25, 0.3) is 0 Å². The van der Waals surface area contributed by atoms with E-state index in [2.05, 4.69) is 36.3 Å². The SMILES string of the molecule is CCc1nn(CC)c(CNC(C)c2c(C)noc2C)c1Cl. The molecule has 0 saturated carbocycles. The highest BCUT2D eigenvalue weighted by Gasteiger charge is 2.18. The maximum absolute atomic E-state index is 6.43. The molecule has 6 heteroatoms. The summed E-state index contributed by atoms with van der Waals surface area (Å²) in [6.45, 7) is 11.6. The van der Waals surface area contributed by atoms with Crippen LogP contribution in [-0.2, 0) is 19.5 Å². The lowest BCUT2D eigenvalue weighted by Crippen LogP contribution is -2.21. The molecule has 2 rings (SSSR count). The summed E-state index contributed by atoms with van der Waals surface area (Å²) < 4.78 is 7.19. The van der Waals surface area contributed by atoms with Crippen molar-refractivity contribution in [1.29, 1.82) is 0 Å². The molecule has 1 N–H and O–H groups in total. The summed E-state index contributed by atoms with van der Waals surface area (Å²) in [5, 5.41) is 12.8. The fourth-order valence-electron chi connectivity index (χ4n) is 2.65. The van der Waals surface area contributed by atoms with E-state index in [0.717, 1.165) is 46.4 Å². The standard InChI is InChI=1S/C15H23ClN4O/c1-6-12-15(16)13(20(7-2)18-12)8-17-9(3)14-10(4)19-21-11(14)5/h9,17H,6-8H2,1-5H3. The molecule has 116 valence electrons. The largest absolute Gasteiger partial charge is 0.361 e. The quantitative estimate of drug-likeness (QED) is 0.886. The predicted octanol–water partition coefficient (Wildman–Crippen LogP) is 3.57. The normalized spacial score (nSPS) is 12.9. The highest BCUT2D eigenvalue weighted by atomic mass is 35.5. The summed E-state index contributed by atoms with van der Waals surface area (Å²) in [5.41, 5.74) is 4.04. The van der Waals surface area contributed by atoms with E-state index in [4.69, 9.17) is 16.1 Å². The van der Waals surface area contributed by atoms with E-state index in [0.29, 0.717) is 6.54 Å². The monoisotopic (exact) mass is 310 g/mol. The molecule has 5 nitrogen and oxygen atoms in total. The van der Waals surface area contributed by atoms with Gasteiger partial charge in [-0.2, -0.15) is 5.10 Å². The maximum atomic E-state index is 6.43. The Bertz CT molecular complexity index is 598. The van der Waals surface area contributed by atoms with E-state index >= 15 is 0 Å². The molecule has 0 fully saturated rings. The molecule has 2 aromatic heterocycles. The van der Waals surface area contributed by atoms with Gasteiger partial charge in [0.2, 0.25) is 0 Å². The van der Waals surface area contributed by atoms with E-state index in [-0.39, 0.29) is 6.04 Å². The third kappa shape index (κ3) is 3.14. The molecule has 21 heavy (non-hydrogen) atoms.